The Kier molecular flexibility index (Phi) is 8.73. The highest BCUT2D eigenvalue weighted by Gasteiger charge is 2.34. The molecule has 0 fully saturated rings. The van der Waals surface area contributed by atoms with E-state index in [-0.39, 0.29) is 35.6 Å². The minimum atomic E-state index is -0.398. The summed E-state index contributed by atoms with van der Waals surface area (Å²) in [6.45, 7) is 12.8. The molecule has 144 valence electrons. The van der Waals surface area contributed by atoms with Gasteiger partial charge in [0.25, 0.3) is 0 Å². The fourth-order valence-electron chi connectivity index (χ4n) is 3.14. The van der Waals surface area contributed by atoms with Crippen molar-refractivity contribution in [2.45, 2.75) is 60.7 Å². The Morgan fingerprint density at radius 3 is 2.00 bits per heavy atom. The first kappa shape index (κ1) is 22.1. The smallest absolute Gasteiger partial charge is 0.307 e. The van der Waals surface area contributed by atoms with Crippen molar-refractivity contribution in [2.24, 2.45) is 17.8 Å². The molecule has 1 aromatic rings. The molecule has 0 amide bonds. The van der Waals surface area contributed by atoms with Crippen molar-refractivity contribution in [3.8, 4) is 0 Å². The molecule has 0 bridgehead atoms. The summed E-state index contributed by atoms with van der Waals surface area (Å²) in [7, 11) is 0. The lowest BCUT2D eigenvalue weighted by molar-refractivity contribution is -0.141. The molecule has 0 N–H and O–H groups in total. The van der Waals surface area contributed by atoms with Gasteiger partial charge in [0.05, 0.1) is 12.2 Å². The van der Waals surface area contributed by atoms with Crippen LogP contribution in [-0.4, -0.2) is 17.9 Å². The highest BCUT2D eigenvalue weighted by atomic mass is 16.5. The molecule has 26 heavy (non-hydrogen) atoms. The van der Waals surface area contributed by atoms with Gasteiger partial charge in [0.15, 0.2) is 0 Å². The van der Waals surface area contributed by atoms with E-state index in [2.05, 4.69) is 0 Å². The molecule has 0 aliphatic rings. The van der Waals surface area contributed by atoms with Gasteiger partial charge in [-0.3, -0.25) is 9.59 Å². The fraction of sp³-hybridized carbons (Fsp3) is 0.545. The number of hydrogen-bond acceptors (Lipinski definition) is 4. The third kappa shape index (κ3) is 6.10. The fourth-order valence-corrected chi connectivity index (χ4v) is 3.14. The first-order valence-corrected chi connectivity index (χ1v) is 9.27. The lowest BCUT2D eigenvalue weighted by atomic mass is 9.84. The molecule has 4 atom stereocenters. The molecule has 0 radical (unpaired) electrons. The Bertz CT molecular complexity index is 618. The summed E-state index contributed by atoms with van der Waals surface area (Å²) < 4.78 is 11.7. The molecule has 0 aliphatic heterocycles. The molecule has 1 rings (SSSR count). The molecule has 0 aliphatic carbocycles. The lowest BCUT2D eigenvalue weighted by Gasteiger charge is -2.33. The largest absolute Gasteiger partial charge is 0.431 e. The van der Waals surface area contributed by atoms with E-state index in [1.165, 1.54) is 6.92 Å². The molecule has 4 nitrogen and oxygen atoms in total. The van der Waals surface area contributed by atoms with Crippen molar-refractivity contribution < 1.29 is 19.1 Å². The van der Waals surface area contributed by atoms with E-state index < -0.39 is 6.10 Å². The van der Waals surface area contributed by atoms with Crippen LogP contribution in [-0.2, 0) is 19.1 Å². The molecular formula is C22H32O4. The number of Topliss-reactive ketones (excluding diaryl/α,β-unsaturated/α-hetero) is 1. The minimum Gasteiger partial charge on any atom is -0.431 e. The van der Waals surface area contributed by atoms with Crippen LogP contribution in [0.5, 0.6) is 0 Å². The number of carbonyl (C=O) groups excluding carboxylic acids is 2. The predicted octanol–water partition coefficient (Wildman–Crippen LogP) is 5.10. The van der Waals surface area contributed by atoms with E-state index in [1.807, 2.05) is 71.9 Å². The molecule has 4 heteroatoms. The van der Waals surface area contributed by atoms with Gasteiger partial charge < -0.3 is 9.47 Å². The third-order valence-corrected chi connectivity index (χ3v) is 4.63. The zero-order chi connectivity index (χ0) is 19.9. The Morgan fingerprint density at radius 2 is 1.54 bits per heavy atom. The van der Waals surface area contributed by atoms with E-state index >= 15 is 0 Å². The first-order valence-electron chi connectivity index (χ1n) is 9.27. The SMILES string of the molecule is C/C=C(\OC(C)=O)[C@@H](C)[C@@H](O[C@@H](C)c1ccccc1)[C@@H](C)C(=O)C(C)C. The van der Waals surface area contributed by atoms with Crippen LogP contribution in [0, 0.1) is 17.8 Å². The van der Waals surface area contributed by atoms with E-state index in [0.29, 0.717) is 5.76 Å². The van der Waals surface area contributed by atoms with Gasteiger partial charge in [0, 0.05) is 24.7 Å². The van der Waals surface area contributed by atoms with Gasteiger partial charge in [-0.1, -0.05) is 58.0 Å². The minimum absolute atomic E-state index is 0.0851. The first-order chi connectivity index (χ1) is 12.2. The number of benzene rings is 1. The van der Waals surface area contributed by atoms with Gasteiger partial charge in [-0.2, -0.15) is 0 Å². The summed E-state index contributed by atoms with van der Waals surface area (Å²) in [6, 6.07) is 9.90. The Morgan fingerprint density at radius 1 is 0.962 bits per heavy atom. The molecule has 0 unspecified atom stereocenters. The van der Waals surface area contributed by atoms with Crippen LogP contribution in [0.2, 0.25) is 0 Å². The van der Waals surface area contributed by atoms with Crippen LogP contribution in [0.25, 0.3) is 0 Å². The van der Waals surface area contributed by atoms with Gasteiger partial charge in [0.1, 0.15) is 11.5 Å². The summed E-state index contributed by atoms with van der Waals surface area (Å²) in [4.78, 5) is 24.1. The number of ether oxygens (including phenoxy) is 2. The molecule has 0 aromatic heterocycles. The van der Waals surface area contributed by atoms with Crippen molar-refractivity contribution in [3.63, 3.8) is 0 Å². The molecule has 0 saturated carbocycles. The molecule has 0 heterocycles. The maximum Gasteiger partial charge on any atom is 0.307 e. The Labute approximate surface area is 157 Å². The standard InChI is InChI=1S/C22H32O4/c1-8-20(26-18(7)23)15(4)22(16(5)21(24)14(2)3)25-17(6)19-12-10-9-11-13-19/h8-17,22H,1-7H3/b20-8-/t15-,16+,17+,22-/m1/s1. The summed E-state index contributed by atoms with van der Waals surface area (Å²) in [5, 5.41) is 0. The second kappa shape index (κ2) is 10.3. The molecule has 1 aromatic carbocycles. The van der Waals surface area contributed by atoms with Gasteiger partial charge in [-0.25, -0.2) is 0 Å². The number of allylic oxidation sites excluding steroid dienone is 1. The number of rotatable bonds is 9. The van der Waals surface area contributed by atoms with Crippen LogP contribution in [0.3, 0.4) is 0 Å². The second-order valence-corrected chi connectivity index (χ2v) is 7.07. The Balaban J connectivity index is 3.12. The number of hydrogen-bond donors (Lipinski definition) is 0. The van der Waals surface area contributed by atoms with Crippen LogP contribution in [0.1, 0.15) is 60.1 Å². The Hall–Kier alpha value is -1.94. The van der Waals surface area contributed by atoms with Crippen molar-refractivity contribution in [1.82, 2.24) is 0 Å². The highest BCUT2D eigenvalue weighted by Crippen LogP contribution is 2.31. The van der Waals surface area contributed by atoms with Gasteiger partial charge in [-0.05, 0) is 25.5 Å². The van der Waals surface area contributed by atoms with Crippen molar-refractivity contribution in [1.29, 1.82) is 0 Å². The summed E-state index contributed by atoms with van der Waals surface area (Å²) in [5.41, 5.74) is 1.04. The number of esters is 1. The second-order valence-electron chi connectivity index (χ2n) is 7.07. The van der Waals surface area contributed by atoms with Gasteiger partial charge in [0.2, 0.25) is 0 Å². The molecule has 0 saturated heterocycles. The zero-order valence-electron chi connectivity index (χ0n) is 17.0. The maximum atomic E-state index is 12.6. The normalized spacial score (nSPS) is 16.7. The average molecular weight is 360 g/mol. The van der Waals surface area contributed by atoms with Crippen LogP contribution >= 0.6 is 0 Å². The van der Waals surface area contributed by atoms with E-state index in [4.69, 9.17) is 9.47 Å². The van der Waals surface area contributed by atoms with Crippen molar-refractivity contribution >= 4 is 11.8 Å². The van der Waals surface area contributed by atoms with Crippen molar-refractivity contribution in [3.05, 3.63) is 47.7 Å². The molecular weight excluding hydrogens is 328 g/mol. The van der Waals surface area contributed by atoms with Crippen molar-refractivity contribution in [2.75, 3.05) is 0 Å². The third-order valence-electron chi connectivity index (χ3n) is 4.63. The monoisotopic (exact) mass is 360 g/mol. The van der Waals surface area contributed by atoms with Gasteiger partial charge in [-0.15, -0.1) is 0 Å². The molecule has 0 spiro atoms. The van der Waals surface area contributed by atoms with E-state index in [1.54, 1.807) is 6.08 Å². The summed E-state index contributed by atoms with van der Waals surface area (Å²) >= 11 is 0. The van der Waals surface area contributed by atoms with Crippen LogP contribution < -0.4 is 0 Å². The number of carbonyl (C=O) groups is 2. The van der Waals surface area contributed by atoms with E-state index in [0.717, 1.165) is 5.56 Å². The topological polar surface area (TPSA) is 52.6 Å². The maximum absolute atomic E-state index is 12.6. The predicted molar refractivity (Wildman–Crippen MR) is 103 cm³/mol. The average Bonchev–Trinajstić information content (AvgIpc) is 2.62. The van der Waals surface area contributed by atoms with Crippen LogP contribution in [0.4, 0.5) is 0 Å². The number of ketones is 1. The summed E-state index contributed by atoms with van der Waals surface area (Å²) in [6.07, 6.45) is 1.19. The van der Waals surface area contributed by atoms with E-state index in [9.17, 15) is 9.59 Å². The van der Waals surface area contributed by atoms with Crippen LogP contribution in [0.15, 0.2) is 42.2 Å². The zero-order valence-corrected chi connectivity index (χ0v) is 17.0. The highest BCUT2D eigenvalue weighted by molar-refractivity contribution is 5.83. The van der Waals surface area contributed by atoms with Gasteiger partial charge >= 0.3 is 5.97 Å². The summed E-state index contributed by atoms with van der Waals surface area (Å²) in [5.74, 6) is -0.332. The lowest BCUT2D eigenvalue weighted by Crippen LogP contribution is -2.37. The quantitative estimate of drug-likeness (QED) is 0.454.